The van der Waals surface area contributed by atoms with Gasteiger partial charge in [-0.2, -0.15) is 4.39 Å². The Bertz CT molecular complexity index is 1150. The largest absolute Gasteiger partial charge is 0.367 e. The van der Waals surface area contributed by atoms with E-state index in [2.05, 4.69) is 32.3 Å². The van der Waals surface area contributed by atoms with Gasteiger partial charge in [0.15, 0.2) is 0 Å². The molecule has 0 radical (unpaired) electrons. The maximum absolute atomic E-state index is 13.4. The number of piperazine rings is 1. The fourth-order valence-electron chi connectivity index (χ4n) is 3.69. The van der Waals surface area contributed by atoms with Crippen LogP contribution in [0.25, 0.3) is 6.08 Å². The predicted molar refractivity (Wildman–Crippen MR) is 133 cm³/mol. The molecule has 33 heavy (non-hydrogen) atoms. The first-order valence-electron chi connectivity index (χ1n) is 10.6. The topological polar surface area (TPSA) is 48.5 Å². The number of hydrogen-bond acceptors (Lipinski definition) is 4. The van der Waals surface area contributed by atoms with Crippen LogP contribution in [0, 0.1) is 5.95 Å². The number of hydrogen-bond donors (Lipinski definition) is 1. The Kier molecular flexibility index (Phi) is 7.60. The van der Waals surface area contributed by atoms with Crippen LogP contribution in [0.1, 0.15) is 15.9 Å². The third-order valence-electron chi connectivity index (χ3n) is 5.45. The van der Waals surface area contributed by atoms with Gasteiger partial charge in [0.1, 0.15) is 0 Å². The van der Waals surface area contributed by atoms with E-state index in [4.69, 9.17) is 23.2 Å². The summed E-state index contributed by atoms with van der Waals surface area (Å²) in [5.41, 5.74) is 2.81. The summed E-state index contributed by atoms with van der Waals surface area (Å²) in [5.74, 6) is -1.09. The van der Waals surface area contributed by atoms with Crippen molar-refractivity contribution < 1.29 is 9.18 Å². The van der Waals surface area contributed by atoms with Gasteiger partial charge in [0.25, 0.3) is 5.91 Å². The first-order valence-corrected chi connectivity index (χ1v) is 11.4. The molecule has 4 rings (SSSR count). The molecule has 1 amide bonds. The first-order chi connectivity index (χ1) is 16.0. The molecule has 5 nitrogen and oxygen atoms in total. The van der Waals surface area contributed by atoms with Gasteiger partial charge in [0.05, 0.1) is 11.4 Å². The molecule has 8 heteroatoms. The molecule has 1 aliphatic heterocycles. The van der Waals surface area contributed by atoms with Crippen molar-refractivity contribution in [3.05, 3.63) is 94.0 Å². The lowest BCUT2D eigenvalue weighted by atomic mass is 10.2. The first kappa shape index (κ1) is 23.2. The Balaban J connectivity index is 1.38. The number of rotatable bonds is 6. The van der Waals surface area contributed by atoms with E-state index in [0.717, 1.165) is 55.1 Å². The number of carbonyl (C=O) groups is 1. The zero-order valence-electron chi connectivity index (χ0n) is 17.8. The van der Waals surface area contributed by atoms with Crippen LogP contribution in [0.15, 0.2) is 66.9 Å². The fourth-order valence-corrected chi connectivity index (χ4v) is 3.99. The third-order valence-corrected chi connectivity index (χ3v) is 5.94. The molecule has 170 valence electrons. The van der Waals surface area contributed by atoms with Crippen LogP contribution in [0.4, 0.5) is 15.8 Å². The van der Waals surface area contributed by atoms with Gasteiger partial charge < -0.3 is 10.2 Å². The Hall–Kier alpha value is -2.93. The summed E-state index contributed by atoms with van der Waals surface area (Å²) in [6.45, 7) is 4.19. The van der Waals surface area contributed by atoms with Crippen LogP contribution >= 0.6 is 23.2 Å². The predicted octanol–water partition coefficient (Wildman–Crippen LogP) is 5.62. The Morgan fingerprint density at radius 2 is 1.73 bits per heavy atom. The summed E-state index contributed by atoms with van der Waals surface area (Å²) in [7, 11) is 0. The van der Waals surface area contributed by atoms with Crippen molar-refractivity contribution in [2.45, 2.75) is 0 Å². The van der Waals surface area contributed by atoms with E-state index in [9.17, 15) is 9.18 Å². The number of nitrogens with one attached hydrogen (secondary N) is 1. The van der Waals surface area contributed by atoms with E-state index in [-0.39, 0.29) is 5.56 Å². The average molecular weight is 485 g/mol. The number of anilines is 2. The second-order valence-corrected chi connectivity index (χ2v) is 8.60. The molecule has 0 atom stereocenters. The Morgan fingerprint density at radius 1 is 1.00 bits per heavy atom. The van der Waals surface area contributed by atoms with Crippen LogP contribution in [-0.4, -0.2) is 48.5 Å². The monoisotopic (exact) mass is 484 g/mol. The summed E-state index contributed by atoms with van der Waals surface area (Å²) < 4.78 is 13.4. The summed E-state index contributed by atoms with van der Waals surface area (Å²) in [4.78, 5) is 20.7. The zero-order chi connectivity index (χ0) is 23.2. The molecule has 1 saturated heterocycles. The number of amides is 1. The van der Waals surface area contributed by atoms with Crippen molar-refractivity contribution in [2.75, 3.05) is 42.9 Å². The van der Waals surface area contributed by atoms with E-state index in [1.54, 1.807) is 12.1 Å². The highest BCUT2D eigenvalue weighted by Crippen LogP contribution is 2.30. The van der Waals surface area contributed by atoms with Gasteiger partial charge >= 0.3 is 0 Å². The minimum absolute atomic E-state index is 0.209. The maximum atomic E-state index is 13.4. The van der Waals surface area contributed by atoms with Crippen LogP contribution < -0.4 is 10.2 Å². The van der Waals surface area contributed by atoms with Gasteiger partial charge in [-0.1, -0.05) is 47.5 Å². The Labute approximate surface area is 202 Å². The summed E-state index contributed by atoms with van der Waals surface area (Å²) in [6, 6.07) is 15.7. The highest BCUT2D eigenvalue weighted by atomic mass is 35.5. The normalized spacial score (nSPS) is 14.6. The average Bonchev–Trinajstić information content (AvgIpc) is 2.82. The minimum Gasteiger partial charge on any atom is -0.367 e. The van der Waals surface area contributed by atoms with Crippen LogP contribution in [-0.2, 0) is 0 Å². The van der Waals surface area contributed by atoms with Crippen molar-refractivity contribution in [2.24, 2.45) is 0 Å². The molecule has 0 spiro atoms. The van der Waals surface area contributed by atoms with Crippen molar-refractivity contribution in [3.63, 3.8) is 0 Å². The molecule has 0 unspecified atom stereocenters. The lowest BCUT2D eigenvalue weighted by Gasteiger charge is -2.36. The molecular weight excluding hydrogens is 462 g/mol. The molecule has 3 aromatic rings. The summed E-state index contributed by atoms with van der Waals surface area (Å²) in [5, 5.41) is 4.20. The van der Waals surface area contributed by atoms with E-state index in [1.807, 2.05) is 30.3 Å². The lowest BCUT2D eigenvalue weighted by molar-refractivity contribution is 0.102. The fraction of sp³-hybridized carbons (Fsp3) is 0.200. The molecule has 2 aromatic carbocycles. The molecule has 1 N–H and O–H groups in total. The van der Waals surface area contributed by atoms with Gasteiger partial charge in [0.2, 0.25) is 5.95 Å². The van der Waals surface area contributed by atoms with Gasteiger partial charge in [-0.15, -0.1) is 0 Å². The number of halogens is 3. The van der Waals surface area contributed by atoms with Crippen molar-refractivity contribution >= 4 is 46.6 Å². The highest BCUT2D eigenvalue weighted by molar-refractivity contribution is 6.31. The molecule has 1 aliphatic rings. The van der Waals surface area contributed by atoms with Crippen molar-refractivity contribution in [3.8, 4) is 0 Å². The van der Waals surface area contributed by atoms with Gasteiger partial charge in [-0.25, -0.2) is 4.98 Å². The minimum atomic E-state index is -0.694. The summed E-state index contributed by atoms with van der Waals surface area (Å²) in [6.07, 6.45) is 5.51. The summed E-state index contributed by atoms with van der Waals surface area (Å²) >= 11 is 12.2. The standard InChI is InChI=1S/C25H23Cl2FN4O/c26-20-5-3-18(4-6-20)2-1-11-31-12-14-32(15-13-31)23-17-21(27)7-8-22(23)30-25(33)19-9-10-29-24(28)16-19/h1-10,16-17H,11-15H2,(H,30,33)/b2-1+. The van der Waals surface area contributed by atoms with Gasteiger partial charge in [-0.3, -0.25) is 9.69 Å². The smallest absolute Gasteiger partial charge is 0.255 e. The van der Waals surface area contributed by atoms with Crippen molar-refractivity contribution in [1.82, 2.24) is 9.88 Å². The van der Waals surface area contributed by atoms with E-state index >= 15 is 0 Å². The molecule has 0 saturated carbocycles. The van der Waals surface area contributed by atoms with E-state index in [1.165, 1.54) is 12.3 Å². The van der Waals surface area contributed by atoms with Crippen LogP contribution in [0.5, 0.6) is 0 Å². The number of pyridine rings is 1. The van der Waals surface area contributed by atoms with E-state index in [0.29, 0.717) is 10.7 Å². The molecular formula is C25H23Cl2FN4O. The molecule has 2 heterocycles. The van der Waals surface area contributed by atoms with Gasteiger partial charge in [0, 0.05) is 60.6 Å². The molecule has 1 fully saturated rings. The highest BCUT2D eigenvalue weighted by Gasteiger charge is 2.20. The molecule has 0 bridgehead atoms. The number of carbonyl (C=O) groups excluding carboxylic acids is 1. The van der Waals surface area contributed by atoms with Crippen LogP contribution in [0.3, 0.4) is 0 Å². The number of benzene rings is 2. The third kappa shape index (κ3) is 6.32. The zero-order valence-corrected chi connectivity index (χ0v) is 19.4. The SMILES string of the molecule is O=C(Nc1ccc(Cl)cc1N1CCN(C/C=C/c2ccc(Cl)cc2)CC1)c1ccnc(F)c1. The lowest BCUT2D eigenvalue weighted by Crippen LogP contribution is -2.46. The number of aromatic nitrogens is 1. The second-order valence-electron chi connectivity index (χ2n) is 7.72. The molecule has 1 aromatic heterocycles. The van der Waals surface area contributed by atoms with Gasteiger partial charge in [-0.05, 0) is 42.0 Å². The quantitative estimate of drug-likeness (QED) is 0.461. The maximum Gasteiger partial charge on any atom is 0.255 e. The van der Waals surface area contributed by atoms with E-state index < -0.39 is 11.9 Å². The second kappa shape index (κ2) is 10.8. The Morgan fingerprint density at radius 3 is 2.45 bits per heavy atom. The molecule has 0 aliphatic carbocycles. The number of nitrogens with zero attached hydrogens (tertiary/aromatic N) is 3. The van der Waals surface area contributed by atoms with Crippen LogP contribution in [0.2, 0.25) is 10.0 Å². The van der Waals surface area contributed by atoms with Crippen molar-refractivity contribution in [1.29, 1.82) is 0 Å².